The van der Waals surface area contributed by atoms with Crippen molar-refractivity contribution in [3.8, 4) is 5.69 Å². The van der Waals surface area contributed by atoms with Crippen LogP contribution in [0.2, 0.25) is 0 Å². The number of hydrogen-bond donors (Lipinski definition) is 1. The van der Waals surface area contributed by atoms with Gasteiger partial charge in [0.2, 0.25) is 0 Å². The Labute approximate surface area is 120 Å². The summed E-state index contributed by atoms with van der Waals surface area (Å²) in [6, 6.07) is 4.62. The Hall–Kier alpha value is -1.83. The second kappa shape index (κ2) is 4.93. The van der Waals surface area contributed by atoms with Crippen molar-refractivity contribution in [3.05, 3.63) is 45.7 Å². The van der Waals surface area contributed by atoms with E-state index in [1.54, 1.807) is 19.1 Å². The highest BCUT2D eigenvalue weighted by Gasteiger charge is 2.40. The number of aromatic carboxylic acids is 1. The summed E-state index contributed by atoms with van der Waals surface area (Å²) in [5.41, 5.74) is -1.46. The van der Waals surface area contributed by atoms with Gasteiger partial charge < -0.3 is 5.11 Å². The Kier molecular flexibility index (Phi) is 3.59. The molecule has 0 amide bonds. The molecule has 8 heteroatoms. The first-order chi connectivity index (χ1) is 9.21. The monoisotopic (exact) mass is 348 g/mol. The zero-order valence-corrected chi connectivity index (χ0v) is 11.7. The van der Waals surface area contributed by atoms with Gasteiger partial charge in [-0.3, -0.25) is 0 Å². The lowest BCUT2D eigenvalue weighted by Crippen LogP contribution is -2.17. The lowest BCUT2D eigenvalue weighted by Gasteiger charge is -2.13. The zero-order valence-electron chi connectivity index (χ0n) is 10.1. The Morgan fingerprint density at radius 1 is 1.40 bits per heavy atom. The van der Waals surface area contributed by atoms with Gasteiger partial charge in [0.05, 0.1) is 11.9 Å². The van der Waals surface area contributed by atoms with Crippen LogP contribution in [0.15, 0.2) is 28.9 Å². The predicted octanol–water partition coefficient (Wildman–Crippen LogP) is 3.66. The van der Waals surface area contributed by atoms with E-state index in [0.29, 0.717) is 20.9 Å². The fraction of sp³-hybridized carbons (Fsp3) is 0.167. The standard InChI is InChI=1S/C12H8BrF3N2O2/c1-6-4-7(13)2-3-9(6)18-10(12(14,15)16)8(5-17-18)11(19)20/h2-5H,1H3,(H,19,20). The van der Waals surface area contributed by atoms with Crippen LogP contribution < -0.4 is 0 Å². The highest BCUT2D eigenvalue weighted by atomic mass is 79.9. The van der Waals surface area contributed by atoms with Crippen LogP contribution in [0, 0.1) is 6.92 Å². The van der Waals surface area contributed by atoms with Crippen LogP contribution >= 0.6 is 15.9 Å². The number of aryl methyl sites for hydroxylation is 1. The van der Waals surface area contributed by atoms with Gasteiger partial charge >= 0.3 is 12.1 Å². The summed E-state index contributed by atoms with van der Waals surface area (Å²) in [4.78, 5) is 10.9. The molecule has 4 nitrogen and oxygen atoms in total. The van der Waals surface area contributed by atoms with Crippen LogP contribution in [-0.2, 0) is 6.18 Å². The molecular formula is C12H8BrF3N2O2. The molecule has 0 spiro atoms. The van der Waals surface area contributed by atoms with Gasteiger partial charge in [-0.2, -0.15) is 18.3 Å². The minimum atomic E-state index is -4.82. The van der Waals surface area contributed by atoms with Gasteiger partial charge in [-0.15, -0.1) is 0 Å². The van der Waals surface area contributed by atoms with Crippen molar-refractivity contribution < 1.29 is 23.1 Å². The van der Waals surface area contributed by atoms with Crippen LogP contribution in [0.25, 0.3) is 5.69 Å². The van der Waals surface area contributed by atoms with Gasteiger partial charge in [0.15, 0.2) is 5.69 Å². The Balaban J connectivity index is 2.72. The highest BCUT2D eigenvalue weighted by molar-refractivity contribution is 9.10. The van der Waals surface area contributed by atoms with E-state index in [1.165, 1.54) is 6.07 Å². The minimum absolute atomic E-state index is 0.174. The number of aromatic nitrogens is 2. The molecule has 0 radical (unpaired) electrons. The zero-order chi connectivity index (χ0) is 15.1. The lowest BCUT2D eigenvalue weighted by molar-refractivity contribution is -0.143. The predicted molar refractivity (Wildman–Crippen MR) is 68.0 cm³/mol. The number of nitrogens with zero attached hydrogens (tertiary/aromatic N) is 2. The molecule has 0 atom stereocenters. The third-order valence-electron chi connectivity index (χ3n) is 2.66. The van der Waals surface area contributed by atoms with Gasteiger partial charge in [-0.05, 0) is 30.7 Å². The fourth-order valence-corrected chi connectivity index (χ4v) is 2.29. The van der Waals surface area contributed by atoms with E-state index in [-0.39, 0.29) is 5.69 Å². The van der Waals surface area contributed by atoms with E-state index in [2.05, 4.69) is 21.0 Å². The molecule has 1 N–H and O–H groups in total. The van der Waals surface area contributed by atoms with Crippen molar-refractivity contribution in [2.24, 2.45) is 0 Å². The first kappa shape index (κ1) is 14.6. The number of halogens is 4. The quantitative estimate of drug-likeness (QED) is 0.900. The third-order valence-corrected chi connectivity index (χ3v) is 3.15. The highest BCUT2D eigenvalue weighted by Crippen LogP contribution is 2.34. The van der Waals surface area contributed by atoms with Gasteiger partial charge in [-0.25, -0.2) is 9.48 Å². The van der Waals surface area contributed by atoms with Gasteiger partial charge in [0.1, 0.15) is 5.56 Å². The van der Waals surface area contributed by atoms with Crippen LogP contribution in [-0.4, -0.2) is 20.9 Å². The van der Waals surface area contributed by atoms with Crippen molar-refractivity contribution in [2.45, 2.75) is 13.1 Å². The summed E-state index contributed by atoms with van der Waals surface area (Å²) in [7, 11) is 0. The molecular weight excluding hydrogens is 341 g/mol. The third kappa shape index (κ3) is 2.55. The molecule has 0 unspecified atom stereocenters. The molecule has 0 fully saturated rings. The van der Waals surface area contributed by atoms with E-state index >= 15 is 0 Å². The second-order valence-electron chi connectivity index (χ2n) is 4.05. The molecule has 1 aromatic carbocycles. The molecule has 106 valence electrons. The number of carbonyl (C=O) groups is 1. The number of benzene rings is 1. The van der Waals surface area contributed by atoms with E-state index in [9.17, 15) is 18.0 Å². The first-order valence-electron chi connectivity index (χ1n) is 5.37. The number of rotatable bonds is 2. The summed E-state index contributed by atoms with van der Waals surface area (Å²) < 4.78 is 40.5. The smallest absolute Gasteiger partial charge is 0.434 e. The Morgan fingerprint density at radius 2 is 2.05 bits per heavy atom. The molecule has 1 aromatic heterocycles. The summed E-state index contributed by atoms with van der Waals surface area (Å²) >= 11 is 3.21. The Morgan fingerprint density at radius 3 is 2.55 bits per heavy atom. The van der Waals surface area contributed by atoms with Crippen LogP contribution in [0.1, 0.15) is 21.6 Å². The minimum Gasteiger partial charge on any atom is -0.478 e. The lowest BCUT2D eigenvalue weighted by atomic mass is 10.2. The normalized spacial score (nSPS) is 11.7. The van der Waals surface area contributed by atoms with Crippen molar-refractivity contribution in [2.75, 3.05) is 0 Å². The van der Waals surface area contributed by atoms with E-state index in [0.717, 1.165) is 0 Å². The van der Waals surface area contributed by atoms with E-state index < -0.39 is 23.4 Å². The fourth-order valence-electron chi connectivity index (χ4n) is 1.82. The van der Waals surface area contributed by atoms with Crippen LogP contribution in [0.5, 0.6) is 0 Å². The number of carboxylic acids is 1. The molecule has 1 heterocycles. The van der Waals surface area contributed by atoms with Crippen molar-refractivity contribution in [1.29, 1.82) is 0 Å². The SMILES string of the molecule is Cc1cc(Br)ccc1-n1ncc(C(=O)O)c1C(F)(F)F. The van der Waals surface area contributed by atoms with E-state index in [1.807, 2.05) is 0 Å². The average molecular weight is 349 g/mol. The Bertz CT molecular complexity index is 680. The van der Waals surface area contributed by atoms with Crippen molar-refractivity contribution in [1.82, 2.24) is 9.78 Å². The summed E-state index contributed by atoms with van der Waals surface area (Å²) in [5, 5.41) is 12.4. The van der Waals surface area contributed by atoms with Crippen LogP contribution in [0.3, 0.4) is 0 Å². The molecule has 20 heavy (non-hydrogen) atoms. The molecule has 0 aliphatic carbocycles. The van der Waals surface area contributed by atoms with Gasteiger partial charge in [0.25, 0.3) is 0 Å². The van der Waals surface area contributed by atoms with E-state index in [4.69, 9.17) is 5.11 Å². The summed E-state index contributed by atoms with van der Waals surface area (Å²) in [6.45, 7) is 1.61. The summed E-state index contributed by atoms with van der Waals surface area (Å²) in [6.07, 6.45) is -4.11. The van der Waals surface area contributed by atoms with Crippen LogP contribution in [0.4, 0.5) is 13.2 Å². The molecule has 0 bridgehead atoms. The van der Waals surface area contributed by atoms with Crippen molar-refractivity contribution >= 4 is 21.9 Å². The average Bonchev–Trinajstić information content (AvgIpc) is 2.73. The maximum absolute atomic E-state index is 13.1. The second-order valence-corrected chi connectivity index (χ2v) is 4.97. The molecule has 0 aliphatic heterocycles. The molecule has 0 saturated heterocycles. The summed E-state index contributed by atoms with van der Waals surface area (Å²) in [5.74, 6) is -1.67. The van der Waals surface area contributed by atoms with Gasteiger partial charge in [-0.1, -0.05) is 15.9 Å². The van der Waals surface area contributed by atoms with Gasteiger partial charge in [0, 0.05) is 4.47 Å². The number of carboxylic acid groups (broad SMARTS) is 1. The molecule has 0 aliphatic rings. The maximum Gasteiger partial charge on any atom is 0.434 e. The molecule has 2 rings (SSSR count). The molecule has 2 aromatic rings. The number of hydrogen-bond acceptors (Lipinski definition) is 2. The largest absolute Gasteiger partial charge is 0.478 e. The maximum atomic E-state index is 13.1. The van der Waals surface area contributed by atoms with Crippen molar-refractivity contribution in [3.63, 3.8) is 0 Å². The topological polar surface area (TPSA) is 55.1 Å². The first-order valence-corrected chi connectivity index (χ1v) is 6.16. The number of alkyl halides is 3. The molecule has 0 saturated carbocycles.